The maximum atomic E-state index is 8.46. The highest BCUT2D eigenvalue weighted by molar-refractivity contribution is 5.19. The second kappa shape index (κ2) is 4.95. The maximum Gasteiger partial charge on any atom is 0.123 e. The maximum absolute atomic E-state index is 8.46. The van der Waals surface area contributed by atoms with Crippen LogP contribution in [0.1, 0.15) is 13.8 Å². The van der Waals surface area contributed by atoms with Crippen LogP contribution in [-0.4, -0.2) is 23.9 Å². The van der Waals surface area contributed by atoms with Crippen LogP contribution in [0.2, 0.25) is 0 Å². The summed E-state index contributed by atoms with van der Waals surface area (Å²) in [6.45, 7) is 7.50. The zero-order chi connectivity index (χ0) is 8.74. The van der Waals surface area contributed by atoms with Crippen LogP contribution in [-0.2, 0) is 4.74 Å². The van der Waals surface area contributed by atoms with Gasteiger partial charge in [0.15, 0.2) is 0 Å². The first-order chi connectivity index (χ1) is 5.12. The van der Waals surface area contributed by atoms with Gasteiger partial charge in [-0.1, -0.05) is 18.4 Å². The normalized spacial score (nSPS) is 10.1. The van der Waals surface area contributed by atoms with Gasteiger partial charge in [-0.15, -0.1) is 0 Å². The van der Waals surface area contributed by atoms with E-state index in [0.717, 1.165) is 0 Å². The molecule has 0 spiro atoms. The Balaban J connectivity index is 3.88. The molecule has 11 heavy (non-hydrogen) atoms. The Bertz CT molecular complexity index is 172. The van der Waals surface area contributed by atoms with E-state index in [1.165, 1.54) is 6.08 Å². The molecular weight excluding hydrogens is 140 g/mol. The van der Waals surface area contributed by atoms with Crippen molar-refractivity contribution in [1.29, 1.82) is 0 Å². The van der Waals surface area contributed by atoms with Crippen molar-refractivity contribution in [3.63, 3.8) is 0 Å². The number of aliphatic hydroxyl groups excluding tert-OH is 1. The fourth-order valence-corrected chi connectivity index (χ4v) is 0.562. The predicted molar refractivity (Wildman–Crippen MR) is 45.1 cm³/mol. The van der Waals surface area contributed by atoms with E-state index >= 15 is 0 Å². The van der Waals surface area contributed by atoms with Crippen molar-refractivity contribution >= 4 is 0 Å². The minimum Gasteiger partial charge on any atom is -0.394 e. The van der Waals surface area contributed by atoms with E-state index < -0.39 is 5.60 Å². The van der Waals surface area contributed by atoms with E-state index in [1.54, 1.807) is 0 Å². The molecule has 0 aromatic carbocycles. The van der Waals surface area contributed by atoms with Gasteiger partial charge in [0.2, 0.25) is 0 Å². The summed E-state index contributed by atoms with van der Waals surface area (Å²) in [5.41, 5.74) is -0.489. The number of ether oxygens (including phenoxy) is 1. The summed E-state index contributed by atoms with van der Waals surface area (Å²) in [4.78, 5) is 0. The summed E-state index contributed by atoms with van der Waals surface area (Å²) in [6, 6.07) is 0. The molecule has 0 aliphatic rings. The third-order valence-corrected chi connectivity index (χ3v) is 1.03. The van der Waals surface area contributed by atoms with Crippen LogP contribution in [0.3, 0.4) is 0 Å². The van der Waals surface area contributed by atoms with Gasteiger partial charge in [0.1, 0.15) is 5.60 Å². The summed E-state index contributed by atoms with van der Waals surface area (Å²) in [5, 5.41) is 8.46. The van der Waals surface area contributed by atoms with Crippen LogP contribution >= 0.6 is 0 Å². The summed E-state index contributed by atoms with van der Waals surface area (Å²) in [6.07, 6.45) is 1.52. The van der Waals surface area contributed by atoms with Gasteiger partial charge >= 0.3 is 0 Å². The van der Waals surface area contributed by atoms with Gasteiger partial charge in [-0.3, -0.25) is 0 Å². The van der Waals surface area contributed by atoms with Crippen molar-refractivity contribution in [2.45, 2.75) is 19.4 Å². The highest BCUT2D eigenvalue weighted by atomic mass is 16.5. The summed E-state index contributed by atoms with van der Waals surface area (Å²) >= 11 is 0. The molecule has 62 valence electrons. The lowest BCUT2D eigenvalue weighted by Gasteiger charge is -2.17. The Kier molecular flexibility index (Phi) is 4.60. The summed E-state index contributed by atoms with van der Waals surface area (Å²) < 4.78 is 5.21. The molecule has 0 saturated heterocycles. The van der Waals surface area contributed by atoms with Gasteiger partial charge in [-0.25, -0.2) is 0 Å². The number of hydrogen-bond acceptors (Lipinski definition) is 2. The largest absolute Gasteiger partial charge is 0.394 e. The van der Waals surface area contributed by atoms with Crippen LogP contribution in [0.4, 0.5) is 0 Å². The second-order valence-electron chi connectivity index (χ2n) is 2.56. The van der Waals surface area contributed by atoms with Gasteiger partial charge in [-0.05, 0) is 19.9 Å². The molecule has 0 atom stereocenters. The first-order valence-corrected chi connectivity index (χ1v) is 3.51. The molecule has 0 bridgehead atoms. The standard InChI is InChI=1S/C9H14O2/c1-4-5-6-9(2,3)11-8-7-10/h4,10H,1,7-8H2,2-3H3. The Morgan fingerprint density at radius 2 is 2.27 bits per heavy atom. The number of hydrogen-bond donors (Lipinski definition) is 1. The molecule has 0 aliphatic carbocycles. The Labute approximate surface area is 67.9 Å². The lowest BCUT2D eigenvalue weighted by atomic mass is 10.1. The molecule has 2 heteroatoms. The van der Waals surface area contributed by atoms with Gasteiger partial charge in [0.25, 0.3) is 0 Å². The zero-order valence-corrected chi connectivity index (χ0v) is 7.05. The van der Waals surface area contributed by atoms with Crippen LogP contribution in [0.25, 0.3) is 0 Å². The quantitative estimate of drug-likeness (QED) is 0.614. The molecule has 0 saturated carbocycles. The minimum absolute atomic E-state index is 0.0270. The molecule has 0 unspecified atom stereocenters. The first kappa shape index (κ1) is 10.2. The number of rotatable bonds is 3. The monoisotopic (exact) mass is 154 g/mol. The molecule has 0 aliphatic heterocycles. The number of aliphatic hydroxyl groups is 1. The molecule has 2 nitrogen and oxygen atoms in total. The van der Waals surface area contributed by atoms with Crippen LogP contribution in [0.5, 0.6) is 0 Å². The summed E-state index contributed by atoms with van der Waals surface area (Å²) in [5.74, 6) is 5.55. The topological polar surface area (TPSA) is 29.5 Å². The van der Waals surface area contributed by atoms with Gasteiger partial charge in [0, 0.05) is 0 Å². The van der Waals surface area contributed by atoms with Gasteiger partial charge in [0.05, 0.1) is 13.2 Å². The fourth-order valence-electron chi connectivity index (χ4n) is 0.562. The molecule has 0 rings (SSSR count). The number of allylic oxidation sites excluding steroid dienone is 1. The van der Waals surface area contributed by atoms with Crippen molar-refractivity contribution in [3.05, 3.63) is 12.7 Å². The lowest BCUT2D eigenvalue weighted by molar-refractivity contribution is 0.00605. The van der Waals surface area contributed by atoms with Crippen molar-refractivity contribution in [2.75, 3.05) is 13.2 Å². The zero-order valence-electron chi connectivity index (χ0n) is 7.05. The predicted octanol–water partition coefficient (Wildman–Crippen LogP) is 0.963. The highest BCUT2D eigenvalue weighted by Crippen LogP contribution is 2.05. The van der Waals surface area contributed by atoms with E-state index in [4.69, 9.17) is 9.84 Å². The third-order valence-electron chi connectivity index (χ3n) is 1.03. The molecule has 0 aromatic rings. The fraction of sp³-hybridized carbons (Fsp3) is 0.556. The van der Waals surface area contributed by atoms with Crippen molar-refractivity contribution in [3.8, 4) is 11.8 Å². The Morgan fingerprint density at radius 3 is 2.73 bits per heavy atom. The van der Waals surface area contributed by atoms with E-state index in [2.05, 4.69) is 18.4 Å². The lowest BCUT2D eigenvalue weighted by Crippen LogP contribution is -2.23. The van der Waals surface area contributed by atoms with E-state index in [9.17, 15) is 0 Å². The molecule has 0 fully saturated rings. The average Bonchev–Trinajstić information content (AvgIpc) is 1.97. The van der Waals surface area contributed by atoms with Crippen LogP contribution in [0.15, 0.2) is 12.7 Å². The van der Waals surface area contributed by atoms with E-state index in [1.807, 2.05) is 13.8 Å². The molecule has 0 aromatic heterocycles. The SMILES string of the molecule is C=CC#CC(C)(C)OCCO. The smallest absolute Gasteiger partial charge is 0.123 e. The molecule has 0 heterocycles. The van der Waals surface area contributed by atoms with Crippen LogP contribution in [0, 0.1) is 11.8 Å². The summed E-state index contributed by atoms with van der Waals surface area (Å²) in [7, 11) is 0. The Hall–Kier alpha value is -0.780. The molecule has 1 N–H and O–H groups in total. The third kappa shape index (κ3) is 5.65. The van der Waals surface area contributed by atoms with Gasteiger partial charge < -0.3 is 9.84 Å². The van der Waals surface area contributed by atoms with Crippen molar-refractivity contribution in [1.82, 2.24) is 0 Å². The molecular formula is C9H14O2. The minimum atomic E-state index is -0.489. The Morgan fingerprint density at radius 1 is 1.64 bits per heavy atom. The van der Waals surface area contributed by atoms with Crippen LogP contribution < -0.4 is 0 Å². The second-order valence-corrected chi connectivity index (χ2v) is 2.56. The first-order valence-electron chi connectivity index (χ1n) is 3.51. The van der Waals surface area contributed by atoms with Crippen molar-refractivity contribution < 1.29 is 9.84 Å². The molecule has 0 amide bonds. The van der Waals surface area contributed by atoms with Gasteiger partial charge in [-0.2, -0.15) is 0 Å². The molecule has 0 radical (unpaired) electrons. The van der Waals surface area contributed by atoms with E-state index in [0.29, 0.717) is 6.61 Å². The average molecular weight is 154 g/mol. The van der Waals surface area contributed by atoms with Crippen molar-refractivity contribution in [2.24, 2.45) is 0 Å². The van der Waals surface area contributed by atoms with E-state index in [-0.39, 0.29) is 6.61 Å². The highest BCUT2D eigenvalue weighted by Gasteiger charge is 2.12.